The number of rotatable bonds is 2. The smallest absolute Gasteiger partial charge is 0.271 e. The van der Waals surface area contributed by atoms with Crippen LogP contribution in [0.15, 0.2) is 12.4 Å². The molecule has 0 radical (unpaired) electrons. The summed E-state index contributed by atoms with van der Waals surface area (Å²) in [6.07, 6.45) is 4.71. The van der Waals surface area contributed by atoms with Crippen molar-refractivity contribution in [2.45, 2.75) is 18.9 Å². The van der Waals surface area contributed by atoms with E-state index in [2.05, 4.69) is 20.6 Å². The van der Waals surface area contributed by atoms with Gasteiger partial charge in [0.2, 0.25) is 0 Å². The molecule has 1 aliphatic rings. The Morgan fingerprint density at radius 1 is 1.44 bits per heavy atom. The number of nitrogens with one attached hydrogen (secondary N) is 2. The number of hydrogen-bond acceptors (Lipinski definition) is 4. The quantitative estimate of drug-likeness (QED) is 0.795. The molecule has 1 aliphatic heterocycles. The summed E-state index contributed by atoms with van der Waals surface area (Å²) in [5.41, 5.74) is 0.269. The van der Waals surface area contributed by atoms with Crippen LogP contribution in [0.4, 0.5) is 0 Å². The van der Waals surface area contributed by atoms with Gasteiger partial charge < -0.3 is 10.6 Å². The van der Waals surface area contributed by atoms with Crippen LogP contribution < -0.4 is 10.6 Å². The Morgan fingerprint density at radius 3 is 2.88 bits per heavy atom. The highest BCUT2D eigenvalue weighted by molar-refractivity contribution is 6.29. The molecule has 0 saturated carbocycles. The van der Waals surface area contributed by atoms with Crippen LogP contribution >= 0.6 is 11.6 Å². The van der Waals surface area contributed by atoms with Crippen LogP contribution in [0, 0.1) is 0 Å². The van der Waals surface area contributed by atoms with E-state index >= 15 is 0 Å². The van der Waals surface area contributed by atoms with Crippen LogP contribution in [-0.4, -0.2) is 35.0 Å². The van der Waals surface area contributed by atoms with Gasteiger partial charge in [-0.3, -0.25) is 9.78 Å². The average Bonchev–Trinajstić information content (AvgIpc) is 2.30. The van der Waals surface area contributed by atoms with Crippen molar-refractivity contribution >= 4 is 17.5 Å². The molecule has 16 heavy (non-hydrogen) atoms. The Morgan fingerprint density at radius 2 is 2.19 bits per heavy atom. The second-order valence-corrected chi connectivity index (χ2v) is 4.11. The third-order valence-electron chi connectivity index (χ3n) is 2.51. The Bertz CT molecular complexity index is 379. The van der Waals surface area contributed by atoms with Gasteiger partial charge in [0.25, 0.3) is 5.91 Å². The summed E-state index contributed by atoms with van der Waals surface area (Å²) >= 11 is 5.67. The summed E-state index contributed by atoms with van der Waals surface area (Å²) in [5, 5.41) is 6.39. The van der Waals surface area contributed by atoms with Gasteiger partial charge in [-0.2, -0.15) is 0 Å². The predicted molar refractivity (Wildman–Crippen MR) is 60.4 cm³/mol. The molecule has 2 rings (SSSR count). The number of carbonyl (C=O) groups excluding carboxylic acids is 1. The lowest BCUT2D eigenvalue weighted by molar-refractivity contribution is 0.0924. The molecule has 0 aliphatic carbocycles. The number of halogens is 1. The molecule has 0 unspecified atom stereocenters. The highest BCUT2D eigenvalue weighted by atomic mass is 35.5. The minimum absolute atomic E-state index is 0.207. The van der Waals surface area contributed by atoms with Crippen molar-refractivity contribution in [2.75, 3.05) is 13.1 Å². The third kappa shape index (κ3) is 2.90. The topological polar surface area (TPSA) is 66.9 Å². The monoisotopic (exact) mass is 240 g/mol. The molecule has 1 amide bonds. The minimum atomic E-state index is -0.207. The summed E-state index contributed by atoms with van der Waals surface area (Å²) in [6.45, 7) is 1.87. The zero-order valence-electron chi connectivity index (χ0n) is 8.74. The minimum Gasteiger partial charge on any atom is -0.348 e. The standard InChI is InChI=1S/C10H13ClN4O/c11-9-6-13-5-8(15-9)10(16)14-7-1-3-12-4-2-7/h5-7,12H,1-4H2,(H,14,16). The Kier molecular flexibility index (Phi) is 3.69. The van der Waals surface area contributed by atoms with E-state index in [9.17, 15) is 4.79 Å². The molecule has 0 aromatic carbocycles. The number of nitrogens with zero attached hydrogens (tertiary/aromatic N) is 2. The lowest BCUT2D eigenvalue weighted by Gasteiger charge is -2.23. The van der Waals surface area contributed by atoms with Crippen LogP contribution in [0.2, 0.25) is 5.15 Å². The maximum atomic E-state index is 11.8. The number of aromatic nitrogens is 2. The maximum Gasteiger partial charge on any atom is 0.271 e. The lowest BCUT2D eigenvalue weighted by Crippen LogP contribution is -2.42. The normalized spacial score (nSPS) is 17.1. The Balaban J connectivity index is 1.97. The molecule has 1 fully saturated rings. The van der Waals surface area contributed by atoms with Gasteiger partial charge in [0.05, 0.1) is 12.4 Å². The fourth-order valence-electron chi connectivity index (χ4n) is 1.68. The molecule has 5 nitrogen and oxygen atoms in total. The fraction of sp³-hybridized carbons (Fsp3) is 0.500. The van der Waals surface area contributed by atoms with Crippen molar-refractivity contribution < 1.29 is 4.79 Å². The van der Waals surface area contributed by atoms with Gasteiger partial charge in [0.1, 0.15) is 10.8 Å². The number of amides is 1. The summed E-state index contributed by atoms with van der Waals surface area (Å²) < 4.78 is 0. The first-order valence-corrected chi connectivity index (χ1v) is 5.62. The van der Waals surface area contributed by atoms with Crippen molar-refractivity contribution in [2.24, 2.45) is 0 Å². The van der Waals surface area contributed by atoms with Crippen LogP contribution in [-0.2, 0) is 0 Å². The molecule has 6 heteroatoms. The van der Waals surface area contributed by atoms with Gasteiger partial charge >= 0.3 is 0 Å². The summed E-state index contributed by atoms with van der Waals surface area (Å²) in [5.74, 6) is -0.207. The SMILES string of the molecule is O=C(NC1CCNCC1)c1cncc(Cl)n1. The first kappa shape index (κ1) is 11.3. The van der Waals surface area contributed by atoms with Crippen LogP contribution in [0.25, 0.3) is 0 Å². The Labute approximate surface area is 98.6 Å². The second kappa shape index (κ2) is 5.23. The number of carbonyl (C=O) groups is 1. The van der Waals surface area contributed by atoms with E-state index in [1.165, 1.54) is 12.4 Å². The molecule has 2 N–H and O–H groups in total. The van der Waals surface area contributed by atoms with Crippen LogP contribution in [0.3, 0.4) is 0 Å². The molecular formula is C10H13ClN4O. The van der Waals surface area contributed by atoms with Crippen molar-refractivity contribution in [3.63, 3.8) is 0 Å². The van der Waals surface area contributed by atoms with Gasteiger partial charge in [-0.1, -0.05) is 11.6 Å². The van der Waals surface area contributed by atoms with Crippen molar-refractivity contribution in [3.05, 3.63) is 23.2 Å². The molecule has 2 heterocycles. The van der Waals surface area contributed by atoms with E-state index in [4.69, 9.17) is 11.6 Å². The molecule has 0 spiro atoms. The Hall–Kier alpha value is -1.20. The first-order valence-electron chi connectivity index (χ1n) is 5.25. The zero-order valence-corrected chi connectivity index (χ0v) is 9.50. The molecule has 0 bridgehead atoms. The molecule has 1 aromatic heterocycles. The second-order valence-electron chi connectivity index (χ2n) is 3.72. The first-order chi connectivity index (χ1) is 7.75. The van der Waals surface area contributed by atoms with Crippen LogP contribution in [0.1, 0.15) is 23.3 Å². The predicted octanol–water partition coefficient (Wildman–Crippen LogP) is 0.612. The van der Waals surface area contributed by atoms with E-state index in [0.717, 1.165) is 25.9 Å². The number of piperidine rings is 1. The van der Waals surface area contributed by atoms with E-state index in [1.54, 1.807) is 0 Å². The van der Waals surface area contributed by atoms with E-state index in [-0.39, 0.29) is 22.8 Å². The van der Waals surface area contributed by atoms with E-state index in [1.807, 2.05) is 0 Å². The molecule has 1 saturated heterocycles. The van der Waals surface area contributed by atoms with Crippen molar-refractivity contribution in [3.8, 4) is 0 Å². The van der Waals surface area contributed by atoms with Gasteiger partial charge in [-0.15, -0.1) is 0 Å². The highest BCUT2D eigenvalue weighted by Crippen LogP contribution is 2.05. The summed E-state index contributed by atoms with van der Waals surface area (Å²) in [7, 11) is 0. The largest absolute Gasteiger partial charge is 0.348 e. The zero-order chi connectivity index (χ0) is 11.4. The fourth-order valence-corrected chi connectivity index (χ4v) is 1.82. The average molecular weight is 241 g/mol. The molecule has 86 valence electrons. The summed E-state index contributed by atoms with van der Waals surface area (Å²) in [6, 6.07) is 0.217. The lowest BCUT2D eigenvalue weighted by atomic mass is 10.1. The van der Waals surface area contributed by atoms with E-state index < -0.39 is 0 Å². The van der Waals surface area contributed by atoms with Gasteiger partial charge in [-0.25, -0.2) is 4.98 Å². The molecule has 1 aromatic rings. The van der Waals surface area contributed by atoms with Crippen molar-refractivity contribution in [1.82, 2.24) is 20.6 Å². The summed E-state index contributed by atoms with van der Waals surface area (Å²) in [4.78, 5) is 19.5. The highest BCUT2D eigenvalue weighted by Gasteiger charge is 2.17. The van der Waals surface area contributed by atoms with Crippen molar-refractivity contribution in [1.29, 1.82) is 0 Å². The molecular weight excluding hydrogens is 228 g/mol. The van der Waals surface area contributed by atoms with Gasteiger partial charge in [-0.05, 0) is 25.9 Å². The van der Waals surface area contributed by atoms with Crippen LogP contribution in [0.5, 0.6) is 0 Å². The molecule has 0 atom stereocenters. The van der Waals surface area contributed by atoms with Gasteiger partial charge in [0, 0.05) is 6.04 Å². The number of hydrogen-bond donors (Lipinski definition) is 2. The third-order valence-corrected chi connectivity index (χ3v) is 2.69. The van der Waals surface area contributed by atoms with E-state index in [0.29, 0.717) is 0 Å². The van der Waals surface area contributed by atoms with Gasteiger partial charge in [0.15, 0.2) is 0 Å². The maximum absolute atomic E-state index is 11.8.